The van der Waals surface area contributed by atoms with Crippen molar-refractivity contribution in [3.63, 3.8) is 0 Å². The Morgan fingerprint density at radius 2 is 1.83 bits per heavy atom. The molecule has 4 atom stereocenters. The molecule has 1 aliphatic carbocycles. The Labute approximate surface area is 169 Å². The second-order valence-electron chi connectivity index (χ2n) is 7.95. The third kappa shape index (κ3) is 2.99. The van der Waals surface area contributed by atoms with Crippen molar-refractivity contribution in [3.8, 4) is 11.5 Å². The van der Waals surface area contributed by atoms with Crippen molar-refractivity contribution in [1.82, 2.24) is 4.90 Å². The maximum absolute atomic E-state index is 12.3. The first-order valence-electron chi connectivity index (χ1n) is 10.3. The molecule has 1 aromatic carbocycles. The second kappa shape index (κ2) is 7.06. The van der Waals surface area contributed by atoms with Crippen LogP contribution in [0.1, 0.15) is 50.2 Å². The van der Waals surface area contributed by atoms with E-state index >= 15 is 0 Å². The highest BCUT2D eigenvalue weighted by atomic mass is 16.7. The molecule has 1 aromatic rings. The molecule has 0 radical (unpaired) electrons. The fourth-order valence-corrected chi connectivity index (χ4v) is 5.03. The van der Waals surface area contributed by atoms with Crippen molar-refractivity contribution in [2.24, 2.45) is 0 Å². The van der Waals surface area contributed by atoms with Gasteiger partial charge in [-0.2, -0.15) is 0 Å². The molecule has 0 amide bonds. The van der Waals surface area contributed by atoms with Gasteiger partial charge in [-0.05, 0) is 35.8 Å². The first-order valence-corrected chi connectivity index (χ1v) is 10.3. The summed E-state index contributed by atoms with van der Waals surface area (Å²) in [6.45, 7) is 5.50. The molecule has 3 heterocycles. The van der Waals surface area contributed by atoms with Crippen LogP contribution in [0, 0.1) is 0 Å². The van der Waals surface area contributed by atoms with Crippen LogP contribution in [0.2, 0.25) is 0 Å². The number of ether oxygens (including phenoxy) is 4. The topological polar surface area (TPSA) is 74.3 Å². The van der Waals surface area contributed by atoms with Crippen LogP contribution in [0.4, 0.5) is 0 Å². The van der Waals surface area contributed by atoms with Gasteiger partial charge in [-0.25, -0.2) is 0 Å². The number of nitrogens with zero attached hydrogens (tertiary/aromatic N) is 1. The van der Waals surface area contributed by atoms with Crippen molar-refractivity contribution < 1.29 is 28.5 Å². The van der Waals surface area contributed by atoms with Crippen LogP contribution >= 0.6 is 0 Å². The number of fused-ring (bicyclic) bond motifs is 3. The van der Waals surface area contributed by atoms with Gasteiger partial charge in [0.15, 0.2) is 23.7 Å². The van der Waals surface area contributed by atoms with E-state index in [1.807, 2.05) is 18.2 Å². The van der Waals surface area contributed by atoms with Gasteiger partial charge in [0.2, 0.25) is 6.79 Å². The van der Waals surface area contributed by atoms with Crippen molar-refractivity contribution in [2.75, 3.05) is 13.3 Å². The Morgan fingerprint density at radius 3 is 2.59 bits per heavy atom. The zero-order valence-electron chi connectivity index (χ0n) is 16.7. The third-order valence-corrected chi connectivity index (χ3v) is 6.34. The Hall–Kier alpha value is -2.54. The predicted octanol–water partition coefficient (Wildman–Crippen LogP) is 2.67. The first-order chi connectivity index (χ1) is 14.1. The smallest absolute Gasteiger partial charge is 0.306 e. The summed E-state index contributed by atoms with van der Waals surface area (Å²) < 4.78 is 22.8. The van der Waals surface area contributed by atoms with E-state index in [9.17, 15) is 9.59 Å². The average Bonchev–Trinajstić information content (AvgIpc) is 3.35. The molecule has 0 saturated carbocycles. The lowest BCUT2D eigenvalue weighted by atomic mass is 9.73. The van der Waals surface area contributed by atoms with Gasteiger partial charge in [0, 0.05) is 37.9 Å². The molecular weight excluding hydrogens is 374 g/mol. The Morgan fingerprint density at radius 1 is 1.10 bits per heavy atom. The summed E-state index contributed by atoms with van der Waals surface area (Å²) >= 11 is 0. The van der Waals surface area contributed by atoms with Crippen molar-refractivity contribution in [3.05, 3.63) is 34.9 Å². The maximum Gasteiger partial charge on any atom is 0.306 e. The highest BCUT2D eigenvalue weighted by Gasteiger charge is 2.52. The summed E-state index contributed by atoms with van der Waals surface area (Å²) in [7, 11) is 0. The lowest BCUT2D eigenvalue weighted by Crippen LogP contribution is -2.52. The van der Waals surface area contributed by atoms with E-state index in [-0.39, 0.29) is 43.5 Å². The second-order valence-corrected chi connectivity index (χ2v) is 7.95. The molecule has 0 aromatic heterocycles. The summed E-state index contributed by atoms with van der Waals surface area (Å²) in [6, 6.07) is 4.21. The van der Waals surface area contributed by atoms with E-state index in [0.717, 1.165) is 36.4 Å². The molecule has 4 aliphatic rings. The van der Waals surface area contributed by atoms with Gasteiger partial charge in [-0.15, -0.1) is 0 Å². The van der Waals surface area contributed by atoms with E-state index in [1.54, 1.807) is 13.8 Å². The van der Waals surface area contributed by atoms with Crippen LogP contribution in [0.3, 0.4) is 0 Å². The Balaban J connectivity index is 1.61. The van der Waals surface area contributed by atoms with E-state index < -0.39 is 12.2 Å². The normalized spacial score (nSPS) is 29.0. The molecule has 0 N–H and O–H groups in total. The van der Waals surface area contributed by atoms with Gasteiger partial charge in [-0.3, -0.25) is 14.5 Å². The molecule has 154 valence electrons. The van der Waals surface area contributed by atoms with Crippen LogP contribution in [0.15, 0.2) is 23.8 Å². The van der Waals surface area contributed by atoms with Gasteiger partial charge in [0.25, 0.3) is 0 Å². The molecule has 0 unspecified atom stereocenters. The van der Waals surface area contributed by atoms with Crippen LogP contribution in [-0.4, -0.2) is 48.4 Å². The van der Waals surface area contributed by atoms with Crippen LogP contribution in [-0.2, 0) is 25.6 Å². The number of hydrogen-bond donors (Lipinski definition) is 0. The highest BCUT2D eigenvalue weighted by molar-refractivity contribution is 5.71. The zero-order valence-corrected chi connectivity index (χ0v) is 16.7. The third-order valence-electron chi connectivity index (χ3n) is 6.34. The van der Waals surface area contributed by atoms with Crippen molar-refractivity contribution in [2.45, 2.75) is 63.8 Å². The quantitative estimate of drug-likeness (QED) is 0.569. The summed E-state index contributed by atoms with van der Waals surface area (Å²) in [6.07, 6.45) is 2.36. The molecule has 0 bridgehead atoms. The minimum absolute atomic E-state index is 0.110. The molecule has 7 nitrogen and oxygen atoms in total. The van der Waals surface area contributed by atoms with E-state index in [1.165, 1.54) is 5.57 Å². The fourth-order valence-electron chi connectivity index (χ4n) is 5.03. The SMILES string of the molecule is CCC(=O)O[C@H]1[C@H]2c3cc4c(cc3CN3CCC(=C[C@@H]1OC(=O)CC)[C@H]23)OCO4. The maximum atomic E-state index is 12.3. The molecule has 5 rings (SSSR count). The van der Waals surface area contributed by atoms with E-state index in [2.05, 4.69) is 4.90 Å². The Kier molecular flexibility index (Phi) is 4.50. The van der Waals surface area contributed by atoms with Crippen LogP contribution in [0.5, 0.6) is 11.5 Å². The molecular formula is C22H25NO6. The van der Waals surface area contributed by atoms with Gasteiger partial charge >= 0.3 is 11.9 Å². The largest absolute Gasteiger partial charge is 0.457 e. The number of benzene rings is 1. The van der Waals surface area contributed by atoms with Crippen LogP contribution in [0.25, 0.3) is 0 Å². The zero-order chi connectivity index (χ0) is 20.1. The number of esters is 2. The lowest BCUT2D eigenvalue weighted by molar-refractivity contribution is -0.168. The summed E-state index contributed by atoms with van der Waals surface area (Å²) in [4.78, 5) is 26.8. The van der Waals surface area contributed by atoms with Gasteiger partial charge < -0.3 is 18.9 Å². The minimum atomic E-state index is -0.578. The van der Waals surface area contributed by atoms with Crippen molar-refractivity contribution >= 4 is 11.9 Å². The average molecular weight is 399 g/mol. The fraction of sp³-hybridized carbons (Fsp3) is 0.545. The summed E-state index contributed by atoms with van der Waals surface area (Å²) in [5.41, 5.74) is 3.50. The van der Waals surface area contributed by atoms with E-state index in [0.29, 0.717) is 5.75 Å². The molecule has 1 saturated heterocycles. The van der Waals surface area contributed by atoms with Gasteiger partial charge in [0.1, 0.15) is 0 Å². The number of rotatable bonds is 4. The molecule has 29 heavy (non-hydrogen) atoms. The minimum Gasteiger partial charge on any atom is -0.457 e. The summed E-state index contributed by atoms with van der Waals surface area (Å²) in [5.74, 6) is 0.778. The van der Waals surface area contributed by atoms with Gasteiger partial charge in [0.05, 0.1) is 0 Å². The first kappa shape index (κ1) is 18.5. The van der Waals surface area contributed by atoms with Crippen molar-refractivity contribution in [1.29, 1.82) is 0 Å². The monoisotopic (exact) mass is 399 g/mol. The van der Waals surface area contributed by atoms with Gasteiger partial charge in [-0.1, -0.05) is 19.4 Å². The highest BCUT2D eigenvalue weighted by Crippen LogP contribution is 2.50. The molecule has 3 aliphatic heterocycles. The number of carbonyl (C=O) groups is 2. The number of hydrogen-bond acceptors (Lipinski definition) is 7. The predicted molar refractivity (Wildman–Crippen MR) is 103 cm³/mol. The molecule has 7 heteroatoms. The standard InChI is InChI=1S/C22H25NO6/c1-3-18(24)28-17-7-12-5-6-23-10-13-8-15-16(27-11-26-15)9-14(13)20(21(12)23)22(17)29-19(25)4-2/h7-9,17,20-22H,3-6,10-11H2,1-2H3/t17-,20-,21+,22+/m0/s1. The van der Waals surface area contributed by atoms with E-state index in [4.69, 9.17) is 18.9 Å². The summed E-state index contributed by atoms with van der Waals surface area (Å²) in [5, 5.41) is 0. The van der Waals surface area contributed by atoms with Crippen LogP contribution < -0.4 is 9.47 Å². The molecule has 1 fully saturated rings. The molecule has 0 spiro atoms. The number of carbonyl (C=O) groups excluding carboxylic acids is 2. The lowest BCUT2D eigenvalue weighted by Gasteiger charge is -2.46. The Bertz CT molecular complexity index is 894.